The highest BCUT2D eigenvalue weighted by molar-refractivity contribution is 6.11. The molecule has 30 heavy (non-hydrogen) atoms. The van der Waals surface area contributed by atoms with Crippen LogP contribution in [0, 0.1) is 12.7 Å². The Morgan fingerprint density at radius 3 is 2.87 bits per heavy atom. The Morgan fingerprint density at radius 1 is 1.37 bits per heavy atom. The fourth-order valence-electron chi connectivity index (χ4n) is 4.55. The van der Waals surface area contributed by atoms with Gasteiger partial charge in [-0.25, -0.2) is 19.2 Å². The Balaban J connectivity index is 1.52. The fourth-order valence-corrected chi connectivity index (χ4v) is 4.55. The molecule has 1 N–H and O–H groups in total. The number of carbonyl (C=O) groups excluding carboxylic acids is 1. The number of piperazine rings is 1. The quantitative estimate of drug-likeness (QED) is 0.802. The van der Waals surface area contributed by atoms with E-state index in [0.29, 0.717) is 30.8 Å². The van der Waals surface area contributed by atoms with Crippen LogP contribution in [0.1, 0.15) is 33.0 Å². The van der Waals surface area contributed by atoms with Gasteiger partial charge in [-0.3, -0.25) is 9.89 Å². The average molecular weight is 416 g/mol. The van der Waals surface area contributed by atoms with Crippen LogP contribution in [0.3, 0.4) is 0 Å². The van der Waals surface area contributed by atoms with Gasteiger partial charge in [0.15, 0.2) is 11.6 Å². The molecule has 1 atom stereocenters. The van der Waals surface area contributed by atoms with Gasteiger partial charge in [0.2, 0.25) is 0 Å². The Hall–Kier alpha value is -2.55. The first-order valence-corrected chi connectivity index (χ1v) is 10.5. The molecule has 2 amide bonds. The van der Waals surface area contributed by atoms with Crippen LogP contribution in [0.25, 0.3) is 0 Å². The van der Waals surface area contributed by atoms with Crippen molar-refractivity contribution in [1.29, 1.82) is 0 Å². The zero-order valence-electron chi connectivity index (χ0n) is 18.4. The van der Waals surface area contributed by atoms with Crippen LogP contribution in [0.4, 0.5) is 15.0 Å². The number of nitrogens with one attached hydrogen (secondary N) is 1. The van der Waals surface area contributed by atoms with E-state index in [1.807, 2.05) is 9.80 Å². The van der Waals surface area contributed by atoms with Gasteiger partial charge in [-0.05, 0) is 39.8 Å². The van der Waals surface area contributed by atoms with E-state index in [-0.39, 0.29) is 11.8 Å². The Labute approximate surface area is 176 Å². The topological polar surface area (TPSA) is 77.0 Å². The van der Waals surface area contributed by atoms with Crippen molar-refractivity contribution in [3.8, 4) is 0 Å². The molecule has 0 saturated carbocycles. The van der Waals surface area contributed by atoms with Gasteiger partial charge in [-0.1, -0.05) is 6.92 Å². The van der Waals surface area contributed by atoms with E-state index >= 15 is 0 Å². The first-order valence-electron chi connectivity index (χ1n) is 10.5. The summed E-state index contributed by atoms with van der Waals surface area (Å²) in [4.78, 5) is 32.2. The van der Waals surface area contributed by atoms with Gasteiger partial charge in [0, 0.05) is 31.2 Å². The van der Waals surface area contributed by atoms with Crippen molar-refractivity contribution in [2.24, 2.45) is 4.99 Å². The van der Waals surface area contributed by atoms with Crippen molar-refractivity contribution < 1.29 is 9.18 Å². The molecule has 0 bridgehead atoms. The summed E-state index contributed by atoms with van der Waals surface area (Å²) in [6.45, 7) is 11.3. The highest BCUT2D eigenvalue weighted by Crippen LogP contribution is 2.39. The number of aryl methyl sites for hydroxylation is 1. The molecule has 162 valence electrons. The van der Waals surface area contributed by atoms with Crippen LogP contribution in [-0.2, 0) is 0 Å². The minimum absolute atomic E-state index is 0.0596. The number of halogens is 1. The molecular weight excluding hydrogens is 385 g/mol. The van der Waals surface area contributed by atoms with E-state index < -0.39 is 11.4 Å². The summed E-state index contributed by atoms with van der Waals surface area (Å²) in [6, 6.07) is 0.445. The molecule has 3 aliphatic rings. The van der Waals surface area contributed by atoms with E-state index in [2.05, 4.69) is 53.0 Å². The zero-order valence-corrected chi connectivity index (χ0v) is 18.4. The molecule has 3 aliphatic heterocycles. The average Bonchev–Trinajstić information content (AvgIpc) is 3.23. The smallest absolute Gasteiger partial charge is 0.321 e. The van der Waals surface area contributed by atoms with Gasteiger partial charge in [0.05, 0.1) is 24.8 Å². The molecule has 4 heterocycles. The van der Waals surface area contributed by atoms with E-state index in [0.717, 1.165) is 43.4 Å². The zero-order chi connectivity index (χ0) is 21.6. The summed E-state index contributed by atoms with van der Waals surface area (Å²) in [5, 5.41) is 3.03. The van der Waals surface area contributed by atoms with Crippen LogP contribution in [0.5, 0.6) is 0 Å². The predicted octanol–water partition coefficient (Wildman–Crippen LogP) is 2.28. The van der Waals surface area contributed by atoms with Crippen molar-refractivity contribution in [3.63, 3.8) is 0 Å². The van der Waals surface area contributed by atoms with E-state index in [4.69, 9.17) is 0 Å². The van der Waals surface area contributed by atoms with Crippen LogP contribution in [-0.4, -0.2) is 87.9 Å². The Kier molecular flexibility index (Phi) is 5.25. The maximum Gasteiger partial charge on any atom is 0.321 e. The molecule has 1 aromatic rings. The van der Waals surface area contributed by atoms with Crippen molar-refractivity contribution >= 4 is 17.7 Å². The van der Waals surface area contributed by atoms with Crippen LogP contribution < -0.4 is 5.32 Å². The van der Waals surface area contributed by atoms with Crippen LogP contribution in [0.2, 0.25) is 0 Å². The summed E-state index contributed by atoms with van der Waals surface area (Å²) in [5.74, 6) is 0.666. The number of hydrogen-bond donors (Lipinski definition) is 1. The number of amides is 2. The van der Waals surface area contributed by atoms with Crippen molar-refractivity contribution in [1.82, 2.24) is 24.7 Å². The number of amidine groups is 1. The van der Waals surface area contributed by atoms with Gasteiger partial charge in [0.1, 0.15) is 11.7 Å². The predicted molar refractivity (Wildman–Crippen MR) is 114 cm³/mol. The minimum Gasteiger partial charge on any atom is -0.322 e. The summed E-state index contributed by atoms with van der Waals surface area (Å²) < 4.78 is 14.1. The summed E-state index contributed by atoms with van der Waals surface area (Å²) in [5.41, 5.74) is 1.63. The number of carbonyl (C=O) groups is 1. The lowest BCUT2D eigenvalue weighted by Gasteiger charge is -2.43. The first-order chi connectivity index (χ1) is 14.2. The second kappa shape index (κ2) is 7.61. The largest absolute Gasteiger partial charge is 0.322 e. The lowest BCUT2D eigenvalue weighted by atomic mass is 9.94. The first kappa shape index (κ1) is 20.7. The molecule has 9 heteroatoms. The second-order valence-electron chi connectivity index (χ2n) is 8.78. The summed E-state index contributed by atoms with van der Waals surface area (Å²) in [6.07, 6.45) is 2.17. The number of urea groups is 1. The Bertz CT molecular complexity index is 926. The number of likely N-dealkylation sites (N-methyl/N-ethyl adjacent to an activating group) is 1. The number of rotatable bonds is 2. The molecule has 1 aromatic heterocycles. The van der Waals surface area contributed by atoms with Crippen molar-refractivity contribution in [3.05, 3.63) is 29.0 Å². The van der Waals surface area contributed by atoms with Crippen LogP contribution in [0.15, 0.2) is 22.3 Å². The number of nitrogens with zero attached hydrogens (tertiary/aromatic N) is 6. The molecule has 0 unspecified atom stereocenters. The molecule has 8 nitrogen and oxygen atoms in total. The third kappa shape index (κ3) is 3.45. The molecule has 0 aromatic carbocycles. The lowest BCUT2D eigenvalue weighted by molar-refractivity contribution is 0.0780. The van der Waals surface area contributed by atoms with Crippen molar-refractivity contribution in [2.75, 3.05) is 45.1 Å². The summed E-state index contributed by atoms with van der Waals surface area (Å²) >= 11 is 0. The summed E-state index contributed by atoms with van der Waals surface area (Å²) in [7, 11) is 2.12. The standard InChI is InChI=1S/C21H30FN7O/c1-6-14-11-28(8-7-27(14)5)20(30)29-12-15-16(21(29,3)4)9-24-18(15)26-19-17(22)10-23-13(2)25-19/h10,14H,6-9,11-12H2,1-5H3,(H,23,24,25,26)/t14-/m0/s1. The monoisotopic (exact) mass is 415 g/mol. The third-order valence-electron chi connectivity index (χ3n) is 6.63. The molecular formula is C21H30FN7O. The second-order valence-corrected chi connectivity index (χ2v) is 8.78. The normalized spacial score (nSPS) is 23.7. The molecule has 4 rings (SSSR count). The van der Waals surface area contributed by atoms with Gasteiger partial charge >= 0.3 is 6.03 Å². The van der Waals surface area contributed by atoms with Gasteiger partial charge in [0.25, 0.3) is 0 Å². The van der Waals surface area contributed by atoms with Gasteiger partial charge in [-0.15, -0.1) is 0 Å². The van der Waals surface area contributed by atoms with E-state index in [1.165, 1.54) is 0 Å². The highest BCUT2D eigenvalue weighted by Gasteiger charge is 2.47. The van der Waals surface area contributed by atoms with Gasteiger partial charge in [-0.2, -0.15) is 0 Å². The van der Waals surface area contributed by atoms with E-state index in [1.54, 1.807) is 6.92 Å². The van der Waals surface area contributed by atoms with E-state index in [9.17, 15) is 9.18 Å². The maximum atomic E-state index is 14.1. The number of aliphatic imine (C=N–C) groups is 1. The number of hydrogen-bond acceptors (Lipinski definition) is 6. The van der Waals surface area contributed by atoms with Crippen LogP contribution >= 0.6 is 0 Å². The maximum absolute atomic E-state index is 14.1. The SMILES string of the molecule is CC[C@H]1CN(C(=O)N2CC3=C(CN=C3Nc3nc(C)ncc3F)C2(C)C)CCN1C. The molecule has 1 saturated heterocycles. The molecule has 0 aliphatic carbocycles. The lowest BCUT2D eigenvalue weighted by Crippen LogP contribution is -2.58. The highest BCUT2D eigenvalue weighted by atomic mass is 19.1. The fraction of sp³-hybridized carbons (Fsp3) is 0.619. The van der Waals surface area contributed by atoms with Crippen molar-refractivity contribution in [2.45, 2.75) is 45.7 Å². The molecule has 0 spiro atoms. The molecule has 0 radical (unpaired) electrons. The Morgan fingerprint density at radius 2 is 2.13 bits per heavy atom. The molecule has 1 fully saturated rings. The minimum atomic E-state index is -0.523. The third-order valence-corrected chi connectivity index (χ3v) is 6.63. The van der Waals surface area contributed by atoms with Gasteiger partial charge < -0.3 is 15.1 Å². The number of aromatic nitrogens is 2. The number of anilines is 1.